The second-order valence-electron chi connectivity index (χ2n) is 4.33. The zero-order valence-electron chi connectivity index (χ0n) is 11.1. The van der Waals surface area contributed by atoms with Crippen molar-refractivity contribution >= 4 is 33.2 Å². The summed E-state index contributed by atoms with van der Waals surface area (Å²) in [5.41, 5.74) is 6.49. The van der Waals surface area contributed by atoms with E-state index < -0.39 is 10.0 Å². The summed E-state index contributed by atoms with van der Waals surface area (Å²) in [6.07, 6.45) is 0. The number of nitrogens with one attached hydrogen (secondary N) is 1. The zero-order valence-corrected chi connectivity index (χ0v) is 13.4. The van der Waals surface area contributed by atoms with Crippen molar-refractivity contribution in [2.24, 2.45) is 5.73 Å². The van der Waals surface area contributed by atoms with Gasteiger partial charge in [-0.2, -0.15) is 0 Å². The largest absolute Gasteiger partial charge is 0.361 e. The number of hydrogen-bond acceptors (Lipinski definition) is 5. The van der Waals surface area contributed by atoms with Crippen molar-refractivity contribution in [3.05, 3.63) is 45.3 Å². The fourth-order valence-corrected chi connectivity index (χ4v) is 3.55. The Balaban J connectivity index is 2.27. The summed E-state index contributed by atoms with van der Waals surface area (Å²) < 4.78 is 31.8. The lowest BCUT2D eigenvalue weighted by Crippen LogP contribution is -2.24. The van der Waals surface area contributed by atoms with Gasteiger partial charge in [0.25, 0.3) is 0 Å². The Morgan fingerprint density at radius 1 is 1.29 bits per heavy atom. The van der Waals surface area contributed by atoms with E-state index in [1.807, 2.05) is 0 Å². The van der Waals surface area contributed by atoms with Crippen molar-refractivity contribution in [3.63, 3.8) is 0 Å². The number of sulfonamides is 1. The van der Waals surface area contributed by atoms with Crippen LogP contribution in [0.25, 0.3) is 0 Å². The van der Waals surface area contributed by atoms with E-state index in [9.17, 15) is 8.42 Å². The Morgan fingerprint density at radius 2 is 2.00 bits per heavy atom. The fourth-order valence-electron chi connectivity index (χ4n) is 1.68. The molecular formula is C12H13Cl2N3O3S. The van der Waals surface area contributed by atoms with Gasteiger partial charge in [0.15, 0.2) is 0 Å². The highest BCUT2D eigenvalue weighted by molar-refractivity contribution is 7.89. The molecule has 6 nitrogen and oxygen atoms in total. The zero-order chi connectivity index (χ0) is 15.6. The van der Waals surface area contributed by atoms with Crippen LogP contribution in [0.3, 0.4) is 0 Å². The SMILES string of the molecule is Cc1cc(CNS(=O)(=O)c2cc(CN)c(Cl)cc2Cl)no1. The molecule has 0 aliphatic rings. The molecule has 2 rings (SSSR count). The van der Waals surface area contributed by atoms with Crippen LogP contribution in [0.15, 0.2) is 27.6 Å². The van der Waals surface area contributed by atoms with E-state index in [2.05, 4.69) is 9.88 Å². The van der Waals surface area contributed by atoms with E-state index in [1.165, 1.54) is 12.1 Å². The lowest BCUT2D eigenvalue weighted by molar-refractivity contribution is 0.390. The Hall–Kier alpha value is -1.12. The molecule has 21 heavy (non-hydrogen) atoms. The lowest BCUT2D eigenvalue weighted by Gasteiger charge is -2.10. The van der Waals surface area contributed by atoms with Crippen LogP contribution in [0.1, 0.15) is 17.0 Å². The van der Waals surface area contributed by atoms with Gasteiger partial charge in [-0.1, -0.05) is 28.4 Å². The van der Waals surface area contributed by atoms with Crippen LogP contribution < -0.4 is 10.5 Å². The van der Waals surface area contributed by atoms with Gasteiger partial charge in [0.2, 0.25) is 10.0 Å². The van der Waals surface area contributed by atoms with Crippen LogP contribution >= 0.6 is 23.2 Å². The second-order valence-corrected chi connectivity index (χ2v) is 6.88. The molecule has 1 heterocycles. The number of nitrogens with two attached hydrogens (primary N) is 1. The number of nitrogens with zero attached hydrogens (tertiary/aromatic N) is 1. The standard InChI is InChI=1S/C12H13Cl2N3O3S/c1-7-2-9(17-20-7)6-16-21(18,19)12-3-8(5-15)10(13)4-11(12)14/h2-4,16H,5-6,15H2,1H3. The molecule has 9 heteroatoms. The number of hydrogen-bond donors (Lipinski definition) is 2. The van der Waals surface area contributed by atoms with Crippen molar-refractivity contribution in [2.45, 2.75) is 24.9 Å². The third-order valence-electron chi connectivity index (χ3n) is 2.73. The van der Waals surface area contributed by atoms with Crippen LogP contribution in [0.4, 0.5) is 0 Å². The molecule has 3 N–H and O–H groups in total. The highest BCUT2D eigenvalue weighted by Crippen LogP contribution is 2.28. The molecule has 0 bridgehead atoms. The predicted molar refractivity (Wildman–Crippen MR) is 79.6 cm³/mol. The van der Waals surface area contributed by atoms with Crippen LogP contribution in [0.5, 0.6) is 0 Å². The Kier molecular flexibility index (Phi) is 4.90. The van der Waals surface area contributed by atoms with E-state index in [-0.39, 0.29) is 23.0 Å². The van der Waals surface area contributed by atoms with Gasteiger partial charge < -0.3 is 10.3 Å². The summed E-state index contributed by atoms with van der Waals surface area (Å²) in [6.45, 7) is 1.83. The van der Waals surface area contributed by atoms with Crippen LogP contribution in [0.2, 0.25) is 10.0 Å². The number of rotatable bonds is 5. The predicted octanol–water partition coefficient (Wildman–Crippen LogP) is 2.23. The topological polar surface area (TPSA) is 98.2 Å². The highest BCUT2D eigenvalue weighted by Gasteiger charge is 2.20. The number of aromatic nitrogens is 1. The average molecular weight is 350 g/mol. The van der Waals surface area contributed by atoms with Gasteiger partial charge >= 0.3 is 0 Å². The Morgan fingerprint density at radius 3 is 2.57 bits per heavy atom. The summed E-state index contributed by atoms with van der Waals surface area (Å²) in [4.78, 5) is -0.0748. The van der Waals surface area contributed by atoms with E-state index in [0.29, 0.717) is 22.0 Å². The van der Waals surface area contributed by atoms with Crippen LogP contribution in [-0.2, 0) is 23.1 Å². The van der Waals surface area contributed by atoms with Gasteiger partial charge in [-0.15, -0.1) is 0 Å². The maximum Gasteiger partial charge on any atom is 0.242 e. The van der Waals surface area contributed by atoms with Crippen molar-refractivity contribution in [1.29, 1.82) is 0 Å². The molecule has 0 spiro atoms. The summed E-state index contributed by atoms with van der Waals surface area (Å²) >= 11 is 11.9. The van der Waals surface area contributed by atoms with Gasteiger partial charge in [-0.05, 0) is 24.6 Å². The van der Waals surface area contributed by atoms with Gasteiger partial charge in [0.1, 0.15) is 10.7 Å². The minimum Gasteiger partial charge on any atom is -0.361 e. The molecule has 0 fully saturated rings. The van der Waals surface area contributed by atoms with Crippen LogP contribution in [0, 0.1) is 6.92 Å². The molecule has 0 amide bonds. The molecular weight excluding hydrogens is 337 g/mol. The van der Waals surface area contributed by atoms with Crippen molar-refractivity contribution in [2.75, 3.05) is 0 Å². The van der Waals surface area contributed by atoms with Crippen molar-refractivity contribution < 1.29 is 12.9 Å². The summed E-state index contributed by atoms with van der Waals surface area (Å²) in [6, 6.07) is 4.36. The number of aryl methyl sites for hydroxylation is 1. The number of benzene rings is 1. The molecule has 1 aromatic carbocycles. The molecule has 0 atom stereocenters. The molecule has 0 aliphatic carbocycles. The van der Waals surface area contributed by atoms with E-state index in [1.54, 1.807) is 13.0 Å². The van der Waals surface area contributed by atoms with E-state index >= 15 is 0 Å². The van der Waals surface area contributed by atoms with Gasteiger partial charge in [-0.3, -0.25) is 0 Å². The second kappa shape index (κ2) is 6.33. The molecule has 0 saturated carbocycles. The van der Waals surface area contributed by atoms with Gasteiger partial charge in [0.05, 0.1) is 17.3 Å². The van der Waals surface area contributed by atoms with E-state index in [0.717, 1.165) is 0 Å². The maximum absolute atomic E-state index is 12.3. The molecule has 0 radical (unpaired) electrons. The quantitative estimate of drug-likeness (QED) is 0.862. The third-order valence-corrected chi connectivity index (χ3v) is 4.95. The number of halogens is 2. The Bertz CT molecular complexity index is 759. The van der Waals surface area contributed by atoms with Crippen LogP contribution in [-0.4, -0.2) is 13.6 Å². The summed E-state index contributed by atoms with van der Waals surface area (Å²) in [7, 11) is -3.81. The van der Waals surface area contributed by atoms with E-state index in [4.69, 9.17) is 33.5 Å². The molecule has 0 aliphatic heterocycles. The highest BCUT2D eigenvalue weighted by atomic mass is 35.5. The third kappa shape index (κ3) is 3.75. The molecule has 114 valence electrons. The van der Waals surface area contributed by atoms with Crippen molar-refractivity contribution in [1.82, 2.24) is 9.88 Å². The first kappa shape index (κ1) is 16.3. The minimum atomic E-state index is -3.81. The lowest BCUT2D eigenvalue weighted by atomic mass is 10.2. The molecule has 0 saturated heterocycles. The summed E-state index contributed by atoms with van der Waals surface area (Å²) in [5, 5.41) is 4.06. The molecule has 2 aromatic rings. The fraction of sp³-hybridized carbons (Fsp3) is 0.250. The normalized spacial score (nSPS) is 11.8. The minimum absolute atomic E-state index is 0.00339. The maximum atomic E-state index is 12.3. The average Bonchev–Trinajstić information content (AvgIpc) is 2.82. The first-order valence-corrected chi connectivity index (χ1v) is 8.17. The molecule has 1 aromatic heterocycles. The summed E-state index contributed by atoms with van der Waals surface area (Å²) in [5.74, 6) is 0.596. The van der Waals surface area contributed by atoms with Gasteiger partial charge in [0, 0.05) is 17.6 Å². The first-order valence-electron chi connectivity index (χ1n) is 5.93. The Labute approximate surface area is 132 Å². The van der Waals surface area contributed by atoms with Gasteiger partial charge in [-0.25, -0.2) is 13.1 Å². The first-order chi connectivity index (χ1) is 9.83. The smallest absolute Gasteiger partial charge is 0.242 e. The molecule has 0 unspecified atom stereocenters. The monoisotopic (exact) mass is 349 g/mol. The van der Waals surface area contributed by atoms with Crippen molar-refractivity contribution in [3.8, 4) is 0 Å².